The minimum Gasteiger partial charge on any atom is -0.409 e. The van der Waals surface area contributed by atoms with Gasteiger partial charge in [0.1, 0.15) is 0 Å². The number of anilines is 1. The number of fused-ring (bicyclic) bond motifs is 4. The van der Waals surface area contributed by atoms with E-state index in [1.54, 1.807) is 11.8 Å². The van der Waals surface area contributed by atoms with Crippen LogP contribution in [0.25, 0.3) is 0 Å². The van der Waals surface area contributed by atoms with Crippen molar-refractivity contribution in [2.75, 3.05) is 24.7 Å². The lowest BCUT2D eigenvalue weighted by atomic mass is 9.89. The van der Waals surface area contributed by atoms with Gasteiger partial charge in [0.2, 0.25) is 11.8 Å². The van der Waals surface area contributed by atoms with Crippen LogP contribution >= 0.6 is 11.8 Å². The van der Waals surface area contributed by atoms with E-state index in [4.69, 9.17) is 9.16 Å². The molecular formula is C33H47N3O4SSi. The predicted molar refractivity (Wildman–Crippen MR) is 172 cm³/mol. The number of hydrogen-bond donors (Lipinski definition) is 2. The van der Waals surface area contributed by atoms with E-state index >= 15 is 0 Å². The average molecular weight is 610 g/mol. The molecule has 0 radical (unpaired) electrons. The number of hydrogen-bond acceptors (Lipinski definition) is 6. The number of ether oxygens (including phenoxy) is 1. The fourth-order valence-corrected chi connectivity index (χ4v) is 8.12. The Kier molecular flexibility index (Phi) is 9.42. The molecule has 2 N–H and O–H groups in total. The maximum absolute atomic E-state index is 13.1. The van der Waals surface area contributed by atoms with Gasteiger partial charge in [-0.2, -0.15) is 0 Å². The molecule has 228 valence electrons. The number of thioether (sulfide) groups is 1. The average Bonchev–Trinajstić information content (AvgIpc) is 3.45. The summed E-state index contributed by atoms with van der Waals surface area (Å²) >= 11 is 1.72. The Hall–Kier alpha value is -2.33. The number of nitrogens with one attached hydrogen (secondary N) is 2. The van der Waals surface area contributed by atoms with Crippen LogP contribution in [-0.4, -0.2) is 56.6 Å². The number of likely N-dealkylation sites (tertiary alicyclic amines) is 1. The molecule has 7 nitrogen and oxygen atoms in total. The van der Waals surface area contributed by atoms with Crippen LogP contribution in [0.4, 0.5) is 5.69 Å². The highest BCUT2D eigenvalue weighted by atomic mass is 32.2. The van der Waals surface area contributed by atoms with Gasteiger partial charge in [-0.15, -0.1) is 11.8 Å². The summed E-state index contributed by atoms with van der Waals surface area (Å²) in [5.74, 6) is -0.0395. The van der Waals surface area contributed by atoms with Gasteiger partial charge in [0, 0.05) is 48.5 Å². The van der Waals surface area contributed by atoms with E-state index in [2.05, 4.69) is 81.1 Å². The fraction of sp³-hybridized carbons (Fsp3) is 0.576. The summed E-state index contributed by atoms with van der Waals surface area (Å²) in [5, 5.41) is 6.89. The number of amides is 2. The third-order valence-corrected chi connectivity index (χ3v) is 14.9. The van der Waals surface area contributed by atoms with Crippen molar-refractivity contribution in [1.82, 2.24) is 10.2 Å². The van der Waals surface area contributed by atoms with Gasteiger partial charge >= 0.3 is 0 Å². The number of carbonyl (C=O) groups is 2. The topological polar surface area (TPSA) is 79.9 Å². The molecular weight excluding hydrogens is 563 g/mol. The van der Waals surface area contributed by atoms with Gasteiger partial charge in [-0.1, -0.05) is 45.0 Å². The first-order valence-corrected chi connectivity index (χ1v) is 19.5. The van der Waals surface area contributed by atoms with Crippen molar-refractivity contribution in [3.63, 3.8) is 0 Å². The van der Waals surface area contributed by atoms with E-state index in [0.29, 0.717) is 13.2 Å². The van der Waals surface area contributed by atoms with Crippen LogP contribution in [0.2, 0.25) is 18.1 Å². The molecule has 2 amide bonds. The number of carbonyl (C=O) groups excluding carboxylic acids is 2. The lowest BCUT2D eigenvalue weighted by Gasteiger charge is -2.47. The minimum atomic E-state index is -1.90. The maximum Gasteiger partial charge on any atom is 0.223 e. The molecule has 2 bridgehead atoms. The fourth-order valence-electron chi connectivity index (χ4n) is 6.12. The molecule has 2 aromatic carbocycles. The van der Waals surface area contributed by atoms with E-state index in [1.807, 2.05) is 17.0 Å². The molecule has 0 aromatic heterocycles. The van der Waals surface area contributed by atoms with E-state index in [0.717, 1.165) is 42.6 Å². The molecule has 0 unspecified atom stereocenters. The Bertz CT molecular complexity index is 1300. The molecule has 9 heteroatoms. The third kappa shape index (κ3) is 6.74. The Morgan fingerprint density at radius 2 is 1.93 bits per heavy atom. The van der Waals surface area contributed by atoms with Crippen molar-refractivity contribution in [2.24, 2.45) is 0 Å². The Morgan fingerprint density at radius 1 is 1.14 bits per heavy atom. The highest BCUT2D eigenvalue weighted by Gasteiger charge is 2.44. The first-order valence-electron chi connectivity index (χ1n) is 15.3. The van der Waals surface area contributed by atoms with Crippen molar-refractivity contribution in [2.45, 2.75) is 107 Å². The summed E-state index contributed by atoms with van der Waals surface area (Å²) in [6, 6.07) is 15.0. The first kappa shape index (κ1) is 31.1. The molecule has 2 aromatic rings. The molecule has 4 atom stereocenters. The summed E-state index contributed by atoms with van der Waals surface area (Å²) in [7, 11) is -1.90. The molecule has 3 aliphatic rings. The third-order valence-electron chi connectivity index (χ3n) is 9.56. The van der Waals surface area contributed by atoms with Crippen LogP contribution in [0.1, 0.15) is 81.7 Å². The zero-order valence-corrected chi connectivity index (χ0v) is 27.8. The second kappa shape index (κ2) is 12.7. The normalized spacial score (nSPS) is 23.7. The summed E-state index contributed by atoms with van der Waals surface area (Å²) < 4.78 is 13.0. The number of benzene rings is 2. The van der Waals surface area contributed by atoms with Gasteiger partial charge in [0.25, 0.3) is 0 Å². The molecule has 5 rings (SSSR count). The monoisotopic (exact) mass is 609 g/mol. The van der Waals surface area contributed by atoms with E-state index in [9.17, 15) is 9.59 Å². The first-order chi connectivity index (χ1) is 20.0. The summed E-state index contributed by atoms with van der Waals surface area (Å²) in [5.41, 5.74) is 4.48. The molecule has 2 saturated heterocycles. The van der Waals surface area contributed by atoms with Crippen molar-refractivity contribution in [3.8, 4) is 0 Å². The Labute approximate surface area is 256 Å². The van der Waals surface area contributed by atoms with E-state index in [-0.39, 0.29) is 54.0 Å². The summed E-state index contributed by atoms with van der Waals surface area (Å²) in [6.45, 7) is 13.2. The van der Waals surface area contributed by atoms with Crippen molar-refractivity contribution < 1.29 is 18.8 Å². The predicted octanol–water partition coefficient (Wildman–Crippen LogP) is 6.81. The van der Waals surface area contributed by atoms with Gasteiger partial charge in [0.15, 0.2) is 8.32 Å². The van der Waals surface area contributed by atoms with Gasteiger partial charge in [0.05, 0.1) is 30.9 Å². The lowest BCUT2D eigenvalue weighted by molar-refractivity contribution is -0.134. The second-order valence-corrected chi connectivity index (χ2v) is 19.0. The maximum atomic E-state index is 13.1. The molecule has 3 aliphatic heterocycles. The number of rotatable bonds is 9. The SMILES string of the molecule is CSc1ccccc1[C@H]1CCCN1C(=O)CCC(=O)NCc1ccc2c(c1)[C@H]1C[C@@H](N2)[C@H](O[Si](C)(C)C(C)(C)C)CO1. The van der Waals surface area contributed by atoms with Crippen molar-refractivity contribution >= 4 is 37.6 Å². The van der Waals surface area contributed by atoms with Gasteiger partial charge < -0.3 is 24.7 Å². The molecule has 2 fully saturated rings. The Balaban J connectivity index is 1.13. The largest absolute Gasteiger partial charge is 0.409 e. The van der Waals surface area contributed by atoms with Gasteiger partial charge in [-0.25, -0.2) is 0 Å². The van der Waals surface area contributed by atoms with E-state index < -0.39 is 8.32 Å². The quantitative estimate of drug-likeness (QED) is 0.240. The second-order valence-electron chi connectivity index (χ2n) is 13.4. The molecule has 0 saturated carbocycles. The van der Waals surface area contributed by atoms with Crippen LogP contribution in [0.15, 0.2) is 47.4 Å². The molecule has 3 heterocycles. The molecule has 0 aliphatic carbocycles. The highest BCUT2D eigenvalue weighted by molar-refractivity contribution is 7.98. The zero-order valence-electron chi connectivity index (χ0n) is 26.0. The van der Waals surface area contributed by atoms with Crippen LogP contribution in [-0.2, 0) is 25.3 Å². The van der Waals surface area contributed by atoms with Crippen molar-refractivity contribution in [1.29, 1.82) is 0 Å². The summed E-state index contributed by atoms with van der Waals surface area (Å²) in [4.78, 5) is 29.1. The van der Waals surface area contributed by atoms with Gasteiger partial charge in [-0.3, -0.25) is 9.59 Å². The van der Waals surface area contributed by atoms with Gasteiger partial charge in [-0.05, 0) is 66.6 Å². The zero-order chi connectivity index (χ0) is 30.1. The van der Waals surface area contributed by atoms with Crippen LogP contribution < -0.4 is 10.6 Å². The van der Waals surface area contributed by atoms with Crippen LogP contribution in [0.3, 0.4) is 0 Å². The van der Waals surface area contributed by atoms with Crippen molar-refractivity contribution in [3.05, 3.63) is 59.2 Å². The molecule has 0 spiro atoms. The number of nitrogens with zero attached hydrogens (tertiary/aromatic N) is 1. The van der Waals surface area contributed by atoms with Crippen LogP contribution in [0, 0.1) is 0 Å². The smallest absolute Gasteiger partial charge is 0.223 e. The standard InChI is InChI=1S/C33H47N3O4SSi/c1-33(2,3)42(5,6)40-29-21-39-28-19-26(29)35-25-14-13-22(18-24(25)28)20-34-31(37)15-16-32(38)36-17-9-11-27(36)23-10-7-8-12-30(23)41-4/h7-8,10,12-14,18,26-29,35H,9,11,15-17,19-21H2,1-6H3,(H,34,37)/t26-,27-,28-,29-/m1/s1. The molecule has 42 heavy (non-hydrogen) atoms. The highest BCUT2D eigenvalue weighted by Crippen LogP contribution is 2.43. The summed E-state index contributed by atoms with van der Waals surface area (Å²) in [6.07, 6.45) is 5.42. The van der Waals surface area contributed by atoms with Crippen LogP contribution in [0.5, 0.6) is 0 Å². The Morgan fingerprint density at radius 3 is 2.69 bits per heavy atom. The lowest BCUT2D eigenvalue weighted by Crippen LogP contribution is -2.54. The minimum absolute atomic E-state index is 0.0310. The van der Waals surface area contributed by atoms with E-state index in [1.165, 1.54) is 10.5 Å².